The van der Waals surface area contributed by atoms with Crippen molar-refractivity contribution in [3.8, 4) is 10.6 Å². The first-order chi connectivity index (χ1) is 8.87. The molecule has 0 saturated heterocycles. The van der Waals surface area contributed by atoms with Crippen LogP contribution in [-0.4, -0.2) is 10.5 Å². The molecule has 19 heavy (non-hydrogen) atoms. The largest absolute Gasteiger partial charge is 0.307 e. The van der Waals surface area contributed by atoms with E-state index in [1.54, 1.807) is 11.3 Å². The smallest absolute Gasteiger partial charge is 0.125 e. The van der Waals surface area contributed by atoms with Crippen LogP contribution in [-0.2, 0) is 6.54 Å². The molecule has 0 amide bonds. The van der Waals surface area contributed by atoms with Gasteiger partial charge in [-0.3, -0.25) is 0 Å². The molecule has 2 nitrogen and oxygen atoms in total. The van der Waals surface area contributed by atoms with Gasteiger partial charge in [-0.1, -0.05) is 29.8 Å². The summed E-state index contributed by atoms with van der Waals surface area (Å²) in [6.07, 6.45) is 0. The predicted octanol–water partition coefficient (Wildman–Crippen LogP) is 4.66. The highest BCUT2D eigenvalue weighted by Gasteiger charge is 2.14. The van der Waals surface area contributed by atoms with Gasteiger partial charge in [-0.05, 0) is 33.8 Å². The number of hydrogen-bond donors (Lipinski definition) is 1. The van der Waals surface area contributed by atoms with Crippen LogP contribution in [0.15, 0.2) is 24.3 Å². The zero-order valence-corrected chi connectivity index (χ0v) is 13.3. The molecule has 1 aromatic carbocycles. The van der Waals surface area contributed by atoms with E-state index in [-0.39, 0.29) is 5.54 Å². The van der Waals surface area contributed by atoms with Gasteiger partial charge in [0.1, 0.15) is 5.01 Å². The molecular weight excluding hydrogens is 276 g/mol. The second kappa shape index (κ2) is 5.61. The first-order valence-electron chi connectivity index (χ1n) is 6.33. The van der Waals surface area contributed by atoms with E-state index in [0.717, 1.165) is 27.8 Å². The molecule has 102 valence electrons. The fourth-order valence-electron chi connectivity index (χ4n) is 1.69. The highest BCUT2D eigenvalue weighted by Crippen LogP contribution is 2.32. The Kier molecular flexibility index (Phi) is 4.29. The number of aromatic nitrogens is 1. The van der Waals surface area contributed by atoms with E-state index in [4.69, 9.17) is 11.6 Å². The van der Waals surface area contributed by atoms with Crippen molar-refractivity contribution in [3.63, 3.8) is 0 Å². The molecule has 1 aromatic heterocycles. The molecule has 0 aliphatic rings. The van der Waals surface area contributed by atoms with Crippen molar-refractivity contribution in [3.05, 3.63) is 39.9 Å². The summed E-state index contributed by atoms with van der Waals surface area (Å²) in [6, 6.07) is 7.85. The van der Waals surface area contributed by atoms with Crippen LogP contribution in [0.3, 0.4) is 0 Å². The number of hydrogen-bond acceptors (Lipinski definition) is 3. The second-order valence-corrected chi connectivity index (χ2v) is 7.10. The number of halogens is 1. The lowest BCUT2D eigenvalue weighted by atomic mass is 10.1. The molecule has 1 heterocycles. The third-order valence-electron chi connectivity index (χ3n) is 2.78. The van der Waals surface area contributed by atoms with Gasteiger partial charge in [0.25, 0.3) is 0 Å². The third kappa shape index (κ3) is 3.78. The van der Waals surface area contributed by atoms with Crippen LogP contribution in [0.5, 0.6) is 0 Å². The molecule has 0 spiro atoms. The summed E-state index contributed by atoms with van der Waals surface area (Å²) in [4.78, 5) is 5.90. The SMILES string of the molecule is Cc1nc(-c2ccccc2Cl)sc1CNC(C)(C)C. The molecule has 0 aliphatic carbocycles. The van der Waals surface area contributed by atoms with E-state index in [1.165, 1.54) is 4.88 Å². The minimum Gasteiger partial charge on any atom is -0.307 e. The Labute approximate surface area is 123 Å². The highest BCUT2D eigenvalue weighted by atomic mass is 35.5. The van der Waals surface area contributed by atoms with Crippen molar-refractivity contribution in [2.45, 2.75) is 39.8 Å². The average Bonchev–Trinajstić information content (AvgIpc) is 2.68. The molecule has 2 rings (SSSR count). The Bertz CT molecular complexity index is 570. The van der Waals surface area contributed by atoms with Crippen LogP contribution in [0.25, 0.3) is 10.6 Å². The second-order valence-electron chi connectivity index (χ2n) is 5.61. The van der Waals surface area contributed by atoms with Gasteiger partial charge in [-0.2, -0.15) is 0 Å². The maximum absolute atomic E-state index is 6.22. The maximum atomic E-state index is 6.22. The Morgan fingerprint density at radius 3 is 2.58 bits per heavy atom. The van der Waals surface area contributed by atoms with Gasteiger partial charge in [-0.25, -0.2) is 4.98 Å². The Morgan fingerprint density at radius 2 is 1.95 bits per heavy atom. The monoisotopic (exact) mass is 294 g/mol. The molecule has 1 N–H and O–H groups in total. The number of rotatable bonds is 3. The summed E-state index contributed by atoms with van der Waals surface area (Å²) in [5.74, 6) is 0. The van der Waals surface area contributed by atoms with Gasteiger partial charge < -0.3 is 5.32 Å². The van der Waals surface area contributed by atoms with Gasteiger partial charge >= 0.3 is 0 Å². The van der Waals surface area contributed by atoms with E-state index < -0.39 is 0 Å². The standard InChI is InChI=1S/C15H19ClN2S/c1-10-13(9-17-15(2,3)4)19-14(18-10)11-7-5-6-8-12(11)16/h5-8,17H,9H2,1-4H3. The van der Waals surface area contributed by atoms with E-state index in [1.807, 2.05) is 24.3 Å². The van der Waals surface area contributed by atoms with Crippen LogP contribution in [0.1, 0.15) is 31.3 Å². The van der Waals surface area contributed by atoms with Gasteiger partial charge in [0.15, 0.2) is 0 Å². The lowest BCUT2D eigenvalue weighted by Gasteiger charge is -2.19. The number of nitrogens with one attached hydrogen (secondary N) is 1. The van der Waals surface area contributed by atoms with Crippen LogP contribution in [0, 0.1) is 6.92 Å². The van der Waals surface area contributed by atoms with E-state index in [2.05, 4.69) is 38.0 Å². The minimum atomic E-state index is 0.112. The van der Waals surface area contributed by atoms with Crippen LogP contribution < -0.4 is 5.32 Å². The van der Waals surface area contributed by atoms with Crippen LogP contribution >= 0.6 is 22.9 Å². The molecule has 0 radical (unpaired) electrons. The summed E-state index contributed by atoms with van der Waals surface area (Å²) < 4.78 is 0. The third-order valence-corrected chi connectivity index (χ3v) is 4.30. The van der Waals surface area contributed by atoms with Gasteiger partial charge in [0, 0.05) is 22.5 Å². The average molecular weight is 295 g/mol. The van der Waals surface area contributed by atoms with Crippen molar-refractivity contribution < 1.29 is 0 Å². The molecule has 0 unspecified atom stereocenters. The molecule has 0 atom stereocenters. The Hall–Kier alpha value is -0.900. The summed E-state index contributed by atoms with van der Waals surface area (Å²) in [5, 5.41) is 5.25. The van der Waals surface area contributed by atoms with Crippen molar-refractivity contribution in [1.82, 2.24) is 10.3 Å². The zero-order valence-electron chi connectivity index (χ0n) is 11.7. The summed E-state index contributed by atoms with van der Waals surface area (Å²) in [6.45, 7) is 9.39. The minimum absolute atomic E-state index is 0.112. The number of benzene rings is 1. The van der Waals surface area contributed by atoms with Crippen LogP contribution in [0.4, 0.5) is 0 Å². The van der Waals surface area contributed by atoms with Gasteiger partial charge in [0.2, 0.25) is 0 Å². The van der Waals surface area contributed by atoms with E-state index in [0.29, 0.717) is 0 Å². The Morgan fingerprint density at radius 1 is 1.26 bits per heavy atom. The molecule has 4 heteroatoms. The number of thiazole rings is 1. The molecule has 0 bridgehead atoms. The lowest BCUT2D eigenvalue weighted by molar-refractivity contribution is 0.425. The molecule has 0 aliphatic heterocycles. The van der Waals surface area contributed by atoms with Crippen molar-refractivity contribution in [1.29, 1.82) is 0 Å². The fraction of sp³-hybridized carbons (Fsp3) is 0.400. The summed E-state index contributed by atoms with van der Waals surface area (Å²) in [7, 11) is 0. The summed E-state index contributed by atoms with van der Waals surface area (Å²) >= 11 is 7.93. The molecule has 2 aromatic rings. The predicted molar refractivity (Wildman–Crippen MR) is 83.9 cm³/mol. The number of nitrogens with zero attached hydrogens (tertiary/aromatic N) is 1. The fourth-order valence-corrected chi connectivity index (χ4v) is 3.01. The Balaban J connectivity index is 2.24. The van der Waals surface area contributed by atoms with Crippen molar-refractivity contribution in [2.75, 3.05) is 0 Å². The topological polar surface area (TPSA) is 24.9 Å². The maximum Gasteiger partial charge on any atom is 0.125 e. The van der Waals surface area contributed by atoms with Crippen LogP contribution in [0.2, 0.25) is 5.02 Å². The van der Waals surface area contributed by atoms with Gasteiger partial charge in [-0.15, -0.1) is 11.3 Å². The summed E-state index contributed by atoms with van der Waals surface area (Å²) in [5.41, 5.74) is 2.21. The highest BCUT2D eigenvalue weighted by molar-refractivity contribution is 7.15. The van der Waals surface area contributed by atoms with Crippen molar-refractivity contribution >= 4 is 22.9 Å². The first kappa shape index (κ1) is 14.5. The lowest BCUT2D eigenvalue weighted by Crippen LogP contribution is -2.34. The first-order valence-corrected chi connectivity index (χ1v) is 7.52. The van der Waals surface area contributed by atoms with Crippen molar-refractivity contribution in [2.24, 2.45) is 0 Å². The zero-order chi connectivity index (χ0) is 14.0. The molecular formula is C15H19ClN2S. The molecule has 0 fully saturated rings. The van der Waals surface area contributed by atoms with E-state index in [9.17, 15) is 0 Å². The quantitative estimate of drug-likeness (QED) is 0.890. The number of aryl methyl sites for hydroxylation is 1. The van der Waals surface area contributed by atoms with Gasteiger partial charge in [0.05, 0.1) is 10.7 Å². The van der Waals surface area contributed by atoms with E-state index >= 15 is 0 Å². The normalized spacial score (nSPS) is 11.8. The molecule has 0 saturated carbocycles.